The second-order valence-corrected chi connectivity index (χ2v) is 4.00. The van der Waals surface area contributed by atoms with Gasteiger partial charge in [0.15, 0.2) is 0 Å². The van der Waals surface area contributed by atoms with Crippen LogP contribution in [0.3, 0.4) is 0 Å². The lowest BCUT2D eigenvalue weighted by molar-refractivity contribution is -0.136. The summed E-state index contributed by atoms with van der Waals surface area (Å²) in [5.74, 6) is 5.30. The minimum Gasteiger partial charge on any atom is -0.271 e. The topological polar surface area (TPSA) is 50.9 Å². The number of rotatable bonds is 4. The van der Waals surface area contributed by atoms with Gasteiger partial charge in [-0.2, -0.15) is 13.2 Å². The molecule has 0 saturated carbocycles. The van der Waals surface area contributed by atoms with Gasteiger partial charge in [-0.25, -0.2) is 0 Å². The summed E-state index contributed by atoms with van der Waals surface area (Å²) in [5, 5.41) is 0. The molecule has 96 valence electrons. The fourth-order valence-corrected chi connectivity index (χ4v) is 1.70. The minimum atomic E-state index is -4.17. The SMILES string of the molecule is Cc1ccc(C(CCC(F)(F)F)NN)c(C)n1. The fourth-order valence-electron chi connectivity index (χ4n) is 1.70. The highest BCUT2D eigenvalue weighted by Crippen LogP contribution is 2.28. The van der Waals surface area contributed by atoms with Crippen LogP contribution in [0.2, 0.25) is 0 Å². The highest BCUT2D eigenvalue weighted by atomic mass is 19.4. The monoisotopic (exact) mass is 247 g/mol. The lowest BCUT2D eigenvalue weighted by Crippen LogP contribution is -2.30. The zero-order chi connectivity index (χ0) is 13.1. The Kier molecular flexibility index (Phi) is 4.47. The molecule has 0 fully saturated rings. The van der Waals surface area contributed by atoms with Crippen molar-refractivity contribution < 1.29 is 13.2 Å². The third-order valence-corrected chi connectivity index (χ3v) is 2.56. The summed E-state index contributed by atoms with van der Waals surface area (Å²) in [5.41, 5.74) is 4.66. The van der Waals surface area contributed by atoms with Crippen molar-refractivity contribution in [1.29, 1.82) is 0 Å². The Labute approximate surface area is 98.2 Å². The van der Waals surface area contributed by atoms with Gasteiger partial charge in [0, 0.05) is 23.9 Å². The van der Waals surface area contributed by atoms with Gasteiger partial charge < -0.3 is 0 Å². The van der Waals surface area contributed by atoms with E-state index in [9.17, 15) is 13.2 Å². The van der Waals surface area contributed by atoms with Crippen LogP contribution in [0, 0.1) is 13.8 Å². The van der Waals surface area contributed by atoms with Crippen molar-refractivity contribution in [2.24, 2.45) is 5.84 Å². The lowest BCUT2D eigenvalue weighted by atomic mass is 10.0. The van der Waals surface area contributed by atoms with Crippen molar-refractivity contribution in [1.82, 2.24) is 10.4 Å². The van der Waals surface area contributed by atoms with Gasteiger partial charge in [-0.1, -0.05) is 6.07 Å². The van der Waals surface area contributed by atoms with Crippen LogP contribution < -0.4 is 11.3 Å². The van der Waals surface area contributed by atoms with Gasteiger partial charge in [-0.3, -0.25) is 16.3 Å². The summed E-state index contributed by atoms with van der Waals surface area (Å²) < 4.78 is 36.4. The molecule has 0 bridgehead atoms. The van der Waals surface area contributed by atoms with E-state index in [0.29, 0.717) is 11.3 Å². The molecule has 0 aliphatic heterocycles. The molecule has 1 rings (SSSR count). The molecule has 17 heavy (non-hydrogen) atoms. The minimum absolute atomic E-state index is 0.0917. The molecular formula is C11H16F3N3. The van der Waals surface area contributed by atoms with Gasteiger partial charge in [-0.15, -0.1) is 0 Å². The van der Waals surface area contributed by atoms with E-state index in [4.69, 9.17) is 5.84 Å². The number of nitrogens with two attached hydrogens (primary N) is 1. The Morgan fingerprint density at radius 1 is 1.35 bits per heavy atom. The van der Waals surface area contributed by atoms with Crippen LogP contribution in [-0.2, 0) is 0 Å². The molecule has 0 spiro atoms. The van der Waals surface area contributed by atoms with Gasteiger partial charge in [0.25, 0.3) is 0 Å². The summed E-state index contributed by atoms with van der Waals surface area (Å²) in [4.78, 5) is 4.21. The number of nitrogens with zero attached hydrogens (tertiary/aromatic N) is 1. The summed E-state index contributed by atoms with van der Waals surface area (Å²) >= 11 is 0. The first kappa shape index (κ1) is 13.9. The Morgan fingerprint density at radius 2 is 2.00 bits per heavy atom. The van der Waals surface area contributed by atoms with Gasteiger partial charge in [-0.05, 0) is 31.9 Å². The standard InChI is InChI=1S/C11H16F3N3/c1-7-3-4-9(8(2)16-7)10(17-15)5-6-11(12,13)14/h3-4,10,17H,5-6,15H2,1-2H3. The quantitative estimate of drug-likeness (QED) is 0.635. The summed E-state index contributed by atoms with van der Waals surface area (Å²) in [6.07, 6.45) is -5.12. The molecule has 1 aromatic rings. The molecule has 1 atom stereocenters. The van der Waals surface area contributed by atoms with Crippen molar-refractivity contribution in [2.75, 3.05) is 0 Å². The van der Waals surface area contributed by atoms with E-state index in [1.54, 1.807) is 19.1 Å². The van der Waals surface area contributed by atoms with Crippen LogP contribution in [0.1, 0.15) is 35.8 Å². The Balaban J connectivity index is 2.79. The molecule has 6 heteroatoms. The van der Waals surface area contributed by atoms with Crippen molar-refractivity contribution in [3.05, 3.63) is 29.1 Å². The Hall–Kier alpha value is -1.14. The van der Waals surface area contributed by atoms with Crippen LogP contribution in [0.4, 0.5) is 13.2 Å². The number of alkyl halides is 3. The molecule has 1 aromatic heterocycles. The van der Waals surface area contributed by atoms with E-state index in [1.165, 1.54) is 0 Å². The predicted molar refractivity (Wildman–Crippen MR) is 59.1 cm³/mol. The number of pyridine rings is 1. The van der Waals surface area contributed by atoms with Crippen LogP contribution in [-0.4, -0.2) is 11.2 Å². The maximum atomic E-state index is 12.1. The third-order valence-electron chi connectivity index (χ3n) is 2.56. The normalized spacial score (nSPS) is 13.8. The Morgan fingerprint density at radius 3 is 2.47 bits per heavy atom. The molecule has 3 nitrogen and oxygen atoms in total. The molecule has 0 aliphatic rings. The van der Waals surface area contributed by atoms with Crippen LogP contribution in [0.25, 0.3) is 0 Å². The average molecular weight is 247 g/mol. The first-order chi connectivity index (χ1) is 7.83. The molecule has 0 saturated heterocycles. The van der Waals surface area contributed by atoms with Crippen molar-refractivity contribution in [3.8, 4) is 0 Å². The maximum Gasteiger partial charge on any atom is 0.389 e. The third kappa shape index (κ3) is 4.32. The van der Waals surface area contributed by atoms with E-state index < -0.39 is 18.6 Å². The van der Waals surface area contributed by atoms with Crippen LogP contribution in [0.15, 0.2) is 12.1 Å². The number of hydrogen-bond acceptors (Lipinski definition) is 3. The summed E-state index contributed by atoms with van der Waals surface area (Å²) in [6.45, 7) is 3.59. The Bertz CT molecular complexity index is 377. The van der Waals surface area contributed by atoms with E-state index in [1.807, 2.05) is 6.92 Å². The van der Waals surface area contributed by atoms with E-state index in [0.717, 1.165) is 5.69 Å². The smallest absolute Gasteiger partial charge is 0.271 e. The van der Waals surface area contributed by atoms with Gasteiger partial charge in [0.2, 0.25) is 0 Å². The van der Waals surface area contributed by atoms with Crippen molar-refractivity contribution in [2.45, 2.75) is 38.9 Å². The molecule has 0 amide bonds. The van der Waals surface area contributed by atoms with Crippen molar-refractivity contribution >= 4 is 0 Å². The number of aryl methyl sites for hydroxylation is 2. The number of hydrazine groups is 1. The first-order valence-corrected chi connectivity index (χ1v) is 5.30. The maximum absolute atomic E-state index is 12.1. The number of halogens is 3. The van der Waals surface area contributed by atoms with Gasteiger partial charge >= 0.3 is 6.18 Å². The lowest BCUT2D eigenvalue weighted by Gasteiger charge is -2.19. The van der Waals surface area contributed by atoms with E-state index in [2.05, 4.69) is 10.4 Å². The van der Waals surface area contributed by atoms with Gasteiger partial charge in [0.05, 0.1) is 0 Å². The number of hydrogen-bond donors (Lipinski definition) is 2. The highest BCUT2D eigenvalue weighted by molar-refractivity contribution is 5.24. The second kappa shape index (κ2) is 5.46. The second-order valence-electron chi connectivity index (χ2n) is 4.00. The summed E-state index contributed by atoms with van der Waals surface area (Å²) in [7, 11) is 0. The largest absolute Gasteiger partial charge is 0.389 e. The predicted octanol–water partition coefficient (Wildman–Crippen LogP) is 2.55. The number of aromatic nitrogens is 1. The molecule has 1 unspecified atom stereocenters. The van der Waals surface area contributed by atoms with Crippen LogP contribution in [0.5, 0.6) is 0 Å². The molecule has 0 aliphatic carbocycles. The van der Waals surface area contributed by atoms with Gasteiger partial charge in [0.1, 0.15) is 0 Å². The molecule has 3 N–H and O–H groups in total. The van der Waals surface area contributed by atoms with Crippen LogP contribution >= 0.6 is 0 Å². The highest BCUT2D eigenvalue weighted by Gasteiger charge is 2.28. The zero-order valence-electron chi connectivity index (χ0n) is 9.80. The fraction of sp³-hybridized carbons (Fsp3) is 0.545. The number of nitrogens with one attached hydrogen (secondary N) is 1. The molecule has 1 heterocycles. The summed E-state index contributed by atoms with van der Waals surface area (Å²) in [6, 6.07) is 3.00. The van der Waals surface area contributed by atoms with E-state index in [-0.39, 0.29) is 6.42 Å². The zero-order valence-corrected chi connectivity index (χ0v) is 9.80. The molecule has 0 radical (unpaired) electrons. The molecular weight excluding hydrogens is 231 g/mol. The van der Waals surface area contributed by atoms with E-state index >= 15 is 0 Å². The molecule has 0 aromatic carbocycles. The first-order valence-electron chi connectivity index (χ1n) is 5.30. The average Bonchev–Trinajstić information content (AvgIpc) is 2.19. The van der Waals surface area contributed by atoms with Crippen molar-refractivity contribution in [3.63, 3.8) is 0 Å².